The fraction of sp³-hybridized carbons (Fsp3) is 0. The molecule has 0 bridgehead atoms. The Morgan fingerprint density at radius 3 is 2.56 bits per heavy atom. The largest absolute Gasteiger partial charge is 0.322 e. The highest BCUT2D eigenvalue weighted by Gasteiger charge is 2.04. The number of carbonyl (C=O) groups excluding carboxylic acids is 1. The lowest BCUT2D eigenvalue weighted by molar-refractivity contribution is 0.102. The van der Waals surface area contributed by atoms with E-state index in [4.69, 9.17) is 7.85 Å². The van der Waals surface area contributed by atoms with Gasteiger partial charge in [-0.1, -0.05) is 17.6 Å². The van der Waals surface area contributed by atoms with E-state index in [2.05, 4.69) is 10.3 Å². The van der Waals surface area contributed by atoms with Crippen LogP contribution in [0.15, 0.2) is 48.8 Å². The Labute approximate surface area is 94.9 Å². The van der Waals surface area contributed by atoms with Crippen LogP contribution in [0.4, 0.5) is 5.69 Å². The molecule has 1 aromatic carbocycles. The van der Waals surface area contributed by atoms with Crippen LogP contribution in [0.3, 0.4) is 0 Å². The zero-order chi connectivity index (χ0) is 11.4. The van der Waals surface area contributed by atoms with Gasteiger partial charge in [-0.3, -0.25) is 9.78 Å². The van der Waals surface area contributed by atoms with Crippen LogP contribution in [-0.2, 0) is 0 Å². The first-order valence-corrected chi connectivity index (χ1v) is 4.82. The van der Waals surface area contributed by atoms with Gasteiger partial charge in [-0.05, 0) is 24.3 Å². The maximum atomic E-state index is 11.7. The molecular formula is C12H9BN2O. The predicted molar refractivity (Wildman–Crippen MR) is 64.0 cm³/mol. The van der Waals surface area contributed by atoms with Gasteiger partial charge in [-0.25, -0.2) is 0 Å². The van der Waals surface area contributed by atoms with Crippen molar-refractivity contribution in [1.29, 1.82) is 0 Å². The second-order valence-corrected chi connectivity index (χ2v) is 3.32. The van der Waals surface area contributed by atoms with E-state index in [1.807, 2.05) is 0 Å². The van der Waals surface area contributed by atoms with E-state index in [1.165, 1.54) is 6.20 Å². The Morgan fingerprint density at radius 1 is 1.19 bits per heavy atom. The quantitative estimate of drug-likeness (QED) is 0.751. The molecule has 0 aliphatic carbocycles. The molecule has 2 rings (SSSR count). The van der Waals surface area contributed by atoms with Gasteiger partial charge < -0.3 is 5.32 Å². The number of nitrogens with one attached hydrogen (secondary N) is 1. The minimum Gasteiger partial charge on any atom is -0.322 e. The zero-order valence-electron chi connectivity index (χ0n) is 8.55. The van der Waals surface area contributed by atoms with E-state index in [0.717, 1.165) is 0 Å². The summed E-state index contributed by atoms with van der Waals surface area (Å²) in [5.74, 6) is -0.183. The molecule has 0 spiro atoms. The second-order valence-electron chi connectivity index (χ2n) is 3.32. The van der Waals surface area contributed by atoms with Gasteiger partial charge in [-0.15, -0.1) is 0 Å². The predicted octanol–water partition coefficient (Wildman–Crippen LogP) is 1.13. The normalized spacial score (nSPS) is 9.75. The molecule has 0 saturated heterocycles. The molecule has 3 nitrogen and oxygen atoms in total. The average Bonchev–Trinajstić information content (AvgIpc) is 2.33. The summed E-state index contributed by atoms with van der Waals surface area (Å²) in [6.07, 6.45) is 3.15. The van der Waals surface area contributed by atoms with Crippen LogP contribution in [-0.4, -0.2) is 18.7 Å². The molecule has 1 heterocycles. The lowest BCUT2D eigenvalue weighted by Crippen LogP contribution is -2.12. The van der Waals surface area contributed by atoms with Gasteiger partial charge in [0.05, 0.1) is 5.56 Å². The summed E-state index contributed by atoms with van der Waals surface area (Å²) in [6, 6.07) is 10.4. The van der Waals surface area contributed by atoms with Crippen molar-refractivity contribution in [2.24, 2.45) is 0 Å². The molecule has 0 saturated carbocycles. The van der Waals surface area contributed by atoms with Crippen LogP contribution in [0.5, 0.6) is 0 Å². The van der Waals surface area contributed by atoms with E-state index in [0.29, 0.717) is 16.7 Å². The van der Waals surface area contributed by atoms with Gasteiger partial charge in [0, 0.05) is 18.1 Å². The SMILES string of the molecule is [B]c1ccc(NC(=O)c2cccnc2)cc1. The van der Waals surface area contributed by atoms with Crippen LogP contribution in [0.2, 0.25) is 0 Å². The Bertz CT molecular complexity index is 482. The summed E-state index contributed by atoms with van der Waals surface area (Å²) in [6.45, 7) is 0. The second kappa shape index (κ2) is 4.62. The van der Waals surface area contributed by atoms with Crippen molar-refractivity contribution >= 4 is 24.9 Å². The van der Waals surface area contributed by atoms with Gasteiger partial charge in [0.25, 0.3) is 5.91 Å². The molecular weight excluding hydrogens is 199 g/mol. The number of rotatable bonds is 2. The Balaban J connectivity index is 2.11. The summed E-state index contributed by atoms with van der Waals surface area (Å²) >= 11 is 0. The van der Waals surface area contributed by atoms with Crippen molar-refractivity contribution in [3.05, 3.63) is 54.4 Å². The zero-order valence-corrected chi connectivity index (χ0v) is 8.55. The first kappa shape index (κ1) is 10.4. The number of benzene rings is 1. The number of nitrogens with zero attached hydrogens (tertiary/aromatic N) is 1. The van der Waals surface area contributed by atoms with Gasteiger partial charge in [0.2, 0.25) is 0 Å². The Kier molecular flexibility index (Phi) is 3.01. The van der Waals surface area contributed by atoms with Crippen molar-refractivity contribution in [3.8, 4) is 0 Å². The third kappa shape index (κ3) is 2.48. The number of hydrogen-bond donors (Lipinski definition) is 1. The molecule has 16 heavy (non-hydrogen) atoms. The van der Waals surface area contributed by atoms with E-state index in [-0.39, 0.29) is 5.91 Å². The number of aromatic nitrogens is 1. The van der Waals surface area contributed by atoms with E-state index >= 15 is 0 Å². The number of hydrogen-bond acceptors (Lipinski definition) is 2. The Morgan fingerprint density at radius 2 is 1.94 bits per heavy atom. The molecule has 0 aliphatic heterocycles. The van der Waals surface area contributed by atoms with Crippen molar-refractivity contribution < 1.29 is 4.79 Å². The van der Waals surface area contributed by atoms with Crippen LogP contribution >= 0.6 is 0 Å². The monoisotopic (exact) mass is 208 g/mol. The fourth-order valence-corrected chi connectivity index (χ4v) is 1.27. The Hall–Kier alpha value is -2.10. The summed E-state index contributed by atoms with van der Waals surface area (Å²) in [7, 11) is 5.55. The molecule has 1 N–H and O–H groups in total. The van der Waals surface area contributed by atoms with Crippen LogP contribution in [0.25, 0.3) is 0 Å². The van der Waals surface area contributed by atoms with Gasteiger partial charge in [0.15, 0.2) is 0 Å². The van der Waals surface area contributed by atoms with Crippen LogP contribution in [0.1, 0.15) is 10.4 Å². The van der Waals surface area contributed by atoms with E-state index < -0.39 is 0 Å². The van der Waals surface area contributed by atoms with Crippen LogP contribution < -0.4 is 10.8 Å². The lowest BCUT2D eigenvalue weighted by atomic mass is 9.96. The molecule has 4 heteroatoms. The first-order valence-electron chi connectivity index (χ1n) is 4.82. The first-order chi connectivity index (χ1) is 7.75. The van der Waals surface area contributed by atoms with Crippen molar-refractivity contribution in [2.75, 3.05) is 5.32 Å². The lowest BCUT2D eigenvalue weighted by Gasteiger charge is -2.04. The van der Waals surface area contributed by atoms with Gasteiger partial charge >= 0.3 is 0 Å². The molecule has 2 radical (unpaired) electrons. The summed E-state index contributed by atoms with van der Waals surface area (Å²) in [5.41, 5.74) is 1.90. The highest BCUT2D eigenvalue weighted by atomic mass is 16.1. The third-order valence-corrected chi connectivity index (χ3v) is 2.09. The molecule has 0 atom stereocenters. The molecule has 1 amide bonds. The van der Waals surface area contributed by atoms with Gasteiger partial charge in [0.1, 0.15) is 7.85 Å². The van der Waals surface area contributed by atoms with Crippen LogP contribution in [0, 0.1) is 0 Å². The maximum Gasteiger partial charge on any atom is 0.257 e. The highest BCUT2D eigenvalue weighted by molar-refractivity contribution is 6.32. The molecule has 0 unspecified atom stereocenters. The van der Waals surface area contributed by atoms with Crippen molar-refractivity contribution in [1.82, 2.24) is 4.98 Å². The maximum absolute atomic E-state index is 11.7. The number of amides is 1. The molecule has 0 aliphatic rings. The number of carbonyl (C=O) groups is 1. The molecule has 2 aromatic rings. The minimum absolute atomic E-state index is 0.183. The van der Waals surface area contributed by atoms with E-state index in [1.54, 1.807) is 42.6 Å². The summed E-state index contributed by atoms with van der Waals surface area (Å²) < 4.78 is 0. The smallest absolute Gasteiger partial charge is 0.257 e. The highest BCUT2D eigenvalue weighted by Crippen LogP contribution is 2.06. The van der Waals surface area contributed by atoms with Crippen molar-refractivity contribution in [2.45, 2.75) is 0 Å². The molecule has 1 aromatic heterocycles. The standard InChI is InChI=1S/C12H9BN2O/c13-10-3-5-11(6-4-10)15-12(16)9-2-1-7-14-8-9/h1-8H,(H,15,16). The molecule has 76 valence electrons. The average molecular weight is 208 g/mol. The summed E-state index contributed by atoms with van der Waals surface area (Å²) in [4.78, 5) is 15.6. The number of anilines is 1. The molecule has 0 fully saturated rings. The minimum atomic E-state index is -0.183. The summed E-state index contributed by atoms with van der Waals surface area (Å²) in [5, 5.41) is 2.75. The van der Waals surface area contributed by atoms with Gasteiger partial charge in [-0.2, -0.15) is 0 Å². The number of pyridine rings is 1. The van der Waals surface area contributed by atoms with Crippen molar-refractivity contribution in [3.63, 3.8) is 0 Å². The fourth-order valence-electron chi connectivity index (χ4n) is 1.27. The topological polar surface area (TPSA) is 42.0 Å². The third-order valence-electron chi connectivity index (χ3n) is 2.09. The van der Waals surface area contributed by atoms with E-state index in [9.17, 15) is 4.79 Å².